The van der Waals surface area contributed by atoms with Crippen LogP contribution in [-0.4, -0.2) is 16.3 Å². The summed E-state index contributed by atoms with van der Waals surface area (Å²) in [7, 11) is 0. The molecule has 6 N–H and O–H groups in total. The fourth-order valence-corrected chi connectivity index (χ4v) is 1.87. The molecule has 0 saturated heterocycles. The molecule has 0 spiro atoms. The van der Waals surface area contributed by atoms with Crippen LogP contribution in [0.2, 0.25) is 5.02 Å². The van der Waals surface area contributed by atoms with Crippen molar-refractivity contribution in [1.29, 1.82) is 0 Å². The minimum atomic E-state index is 0.410. The molecule has 0 aliphatic rings. The molecule has 0 fully saturated rings. The maximum absolute atomic E-state index is 5.99. The van der Waals surface area contributed by atoms with Gasteiger partial charge in [0.2, 0.25) is 0 Å². The highest BCUT2D eigenvalue weighted by atomic mass is 35.5. The molecule has 1 aromatic heterocycles. The van der Waals surface area contributed by atoms with Crippen LogP contribution in [-0.2, 0) is 6.42 Å². The number of halogens is 1. The Bertz CT molecular complexity index is 535. The van der Waals surface area contributed by atoms with Gasteiger partial charge in [0.15, 0.2) is 5.82 Å². The summed E-state index contributed by atoms with van der Waals surface area (Å²) >= 11 is 5.92. The molecule has 1 heterocycles. The predicted molar refractivity (Wildman–Crippen MR) is 70.2 cm³/mol. The van der Waals surface area contributed by atoms with E-state index in [1.165, 1.54) is 0 Å². The molecule has 90 valence electrons. The van der Waals surface area contributed by atoms with Gasteiger partial charge < -0.3 is 17.2 Å². The van der Waals surface area contributed by atoms with Crippen LogP contribution in [0.25, 0.3) is 5.69 Å². The molecule has 2 rings (SSSR count). The van der Waals surface area contributed by atoms with Gasteiger partial charge in [-0.25, -0.2) is 4.68 Å². The zero-order valence-electron chi connectivity index (χ0n) is 9.23. The molecule has 5 nitrogen and oxygen atoms in total. The van der Waals surface area contributed by atoms with Gasteiger partial charge in [-0.15, -0.1) is 5.10 Å². The third-order valence-corrected chi connectivity index (χ3v) is 2.74. The monoisotopic (exact) mass is 251 g/mol. The summed E-state index contributed by atoms with van der Waals surface area (Å²) in [5.41, 5.74) is 18.9. The largest absolute Gasteiger partial charge is 0.383 e. The van der Waals surface area contributed by atoms with Crippen LogP contribution in [0.15, 0.2) is 24.3 Å². The van der Waals surface area contributed by atoms with E-state index in [2.05, 4.69) is 5.10 Å². The van der Waals surface area contributed by atoms with Crippen molar-refractivity contribution in [2.24, 2.45) is 5.73 Å². The lowest BCUT2D eigenvalue weighted by Gasteiger charge is -2.04. The van der Waals surface area contributed by atoms with Crippen molar-refractivity contribution < 1.29 is 0 Å². The fraction of sp³-hybridized carbons (Fsp3) is 0.182. The normalized spacial score (nSPS) is 10.7. The van der Waals surface area contributed by atoms with Gasteiger partial charge in [-0.3, -0.25) is 0 Å². The lowest BCUT2D eigenvalue weighted by molar-refractivity contribution is 0.895. The Labute approximate surface area is 104 Å². The molecule has 0 amide bonds. The third-order valence-electron chi connectivity index (χ3n) is 2.50. The van der Waals surface area contributed by atoms with Crippen LogP contribution in [0.5, 0.6) is 0 Å². The van der Waals surface area contributed by atoms with Crippen molar-refractivity contribution in [2.45, 2.75) is 6.42 Å². The van der Waals surface area contributed by atoms with E-state index in [1.54, 1.807) is 16.8 Å². The quantitative estimate of drug-likeness (QED) is 0.764. The SMILES string of the molecule is NCCc1c(N)nn(-c2cccc(Cl)c2)c1N. The maximum atomic E-state index is 5.99. The van der Waals surface area contributed by atoms with Crippen molar-refractivity contribution >= 4 is 23.2 Å². The van der Waals surface area contributed by atoms with E-state index in [9.17, 15) is 0 Å². The standard InChI is InChI=1S/C11H14ClN5/c12-7-2-1-3-8(6-7)17-11(15)9(4-5-13)10(14)16-17/h1-3,6H,4-5,13,15H2,(H2,14,16). The van der Waals surface area contributed by atoms with E-state index >= 15 is 0 Å². The summed E-state index contributed by atoms with van der Waals surface area (Å²) < 4.78 is 1.58. The Balaban J connectivity index is 2.50. The summed E-state index contributed by atoms with van der Waals surface area (Å²) in [5, 5.41) is 4.82. The van der Waals surface area contributed by atoms with Crippen molar-refractivity contribution in [2.75, 3.05) is 18.0 Å². The number of hydrogen-bond donors (Lipinski definition) is 3. The fourth-order valence-electron chi connectivity index (χ4n) is 1.69. The highest BCUT2D eigenvalue weighted by molar-refractivity contribution is 6.30. The van der Waals surface area contributed by atoms with Crippen molar-refractivity contribution in [3.63, 3.8) is 0 Å². The lowest BCUT2D eigenvalue weighted by Crippen LogP contribution is -2.07. The van der Waals surface area contributed by atoms with Gasteiger partial charge in [-0.05, 0) is 31.2 Å². The molecule has 17 heavy (non-hydrogen) atoms. The molecule has 0 aliphatic heterocycles. The summed E-state index contributed by atoms with van der Waals surface area (Å²) in [4.78, 5) is 0. The molecule has 0 bridgehead atoms. The first kappa shape index (κ1) is 11.8. The second-order valence-electron chi connectivity index (χ2n) is 3.68. The molecule has 1 aromatic carbocycles. The van der Waals surface area contributed by atoms with Crippen LogP contribution in [0.4, 0.5) is 11.6 Å². The average molecular weight is 252 g/mol. The number of nitrogens with zero attached hydrogens (tertiary/aromatic N) is 2. The Hall–Kier alpha value is -1.72. The molecule has 0 atom stereocenters. The zero-order chi connectivity index (χ0) is 12.4. The summed E-state index contributed by atoms with van der Waals surface area (Å²) in [6, 6.07) is 7.25. The number of hydrogen-bond acceptors (Lipinski definition) is 4. The lowest BCUT2D eigenvalue weighted by atomic mass is 10.2. The van der Waals surface area contributed by atoms with Gasteiger partial charge in [0.25, 0.3) is 0 Å². The summed E-state index contributed by atoms with van der Waals surface area (Å²) in [6.45, 7) is 0.482. The molecule has 0 aliphatic carbocycles. The first-order valence-corrected chi connectivity index (χ1v) is 5.60. The van der Waals surface area contributed by atoms with E-state index in [0.717, 1.165) is 11.3 Å². The Morgan fingerprint density at radius 1 is 1.29 bits per heavy atom. The second-order valence-corrected chi connectivity index (χ2v) is 4.12. The Kier molecular flexibility index (Phi) is 3.21. The van der Waals surface area contributed by atoms with Crippen molar-refractivity contribution in [3.05, 3.63) is 34.9 Å². The van der Waals surface area contributed by atoms with Gasteiger partial charge in [-0.1, -0.05) is 17.7 Å². The number of anilines is 2. The summed E-state index contributed by atoms with van der Waals surface area (Å²) in [5.74, 6) is 0.920. The molecule has 0 radical (unpaired) electrons. The van der Waals surface area contributed by atoms with Gasteiger partial charge in [0.05, 0.1) is 5.69 Å². The van der Waals surface area contributed by atoms with Gasteiger partial charge in [0.1, 0.15) is 5.82 Å². The van der Waals surface area contributed by atoms with Crippen LogP contribution >= 0.6 is 11.6 Å². The molecule has 6 heteroatoms. The van der Waals surface area contributed by atoms with E-state index in [4.69, 9.17) is 28.8 Å². The topological polar surface area (TPSA) is 95.9 Å². The van der Waals surface area contributed by atoms with E-state index < -0.39 is 0 Å². The first-order valence-electron chi connectivity index (χ1n) is 5.22. The predicted octanol–water partition coefficient (Wildman–Crippen LogP) is 1.19. The maximum Gasteiger partial charge on any atom is 0.151 e. The molecule has 0 unspecified atom stereocenters. The molecular weight excluding hydrogens is 238 g/mol. The highest BCUT2D eigenvalue weighted by Crippen LogP contribution is 2.24. The van der Waals surface area contributed by atoms with Gasteiger partial charge in [0, 0.05) is 10.6 Å². The highest BCUT2D eigenvalue weighted by Gasteiger charge is 2.13. The number of aromatic nitrogens is 2. The van der Waals surface area contributed by atoms with Crippen molar-refractivity contribution in [1.82, 2.24) is 9.78 Å². The van der Waals surface area contributed by atoms with Crippen molar-refractivity contribution in [3.8, 4) is 5.69 Å². The number of benzene rings is 1. The minimum Gasteiger partial charge on any atom is -0.383 e. The smallest absolute Gasteiger partial charge is 0.151 e. The first-order chi connectivity index (χ1) is 8.13. The Morgan fingerprint density at radius 2 is 2.06 bits per heavy atom. The second kappa shape index (κ2) is 4.65. The third kappa shape index (κ3) is 2.20. The number of nitrogens with two attached hydrogens (primary N) is 3. The van der Waals surface area contributed by atoms with E-state index in [-0.39, 0.29) is 0 Å². The Morgan fingerprint density at radius 3 is 2.71 bits per heavy atom. The minimum absolute atomic E-state index is 0.410. The average Bonchev–Trinajstić information content (AvgIpc) is 2.57. The van der Waals surface area contributed by atoms with Crippen LogP contribution in [0, 0.1) is 0 Å². The number of nitrogen functional groups attached to an aromatic ring is 2. The zero-order valence-corrected chi connectivity index (χ0v) is 9.98. The molecule has 2 aromatic rings. The van der Waals surface area contributed by atoms with Gasteiger partial charge in [-0.2, -0.15) is 0 Å². The summed E-state index contributed by atoms with van der Waals surface area (Å²) in [6.07, 6.45) is 0.609. The molecular formula is C11H14ClN5. The van der Waals surface area contributed by atoms with Crippen LogP contribution in [0.1, 0.15) is 5.56 Å². The van der Waals surface area contributed by atoms with Crippen LogP contribution in [0.3, 0.4) is 0 Å². The molecule has 0 saturated carbocycles. The van der Waals surface area contributed by atoms with E-state index in [0.29, 0.717) is 29.6 Å². The van der Waals surface area contributed by atoms with Crippen LogP contribution < -0.4 is 17.2 Å². The number of rotatable bonds is 3. The van der Waals surface area contributed by atoms with E-state index in [1.807, 2.05) is 12.1 Å². The van der Waals surface area contributed by atoms with Gasteiger partial charge >= 0.3 is 0 Å².